The quantitative estimate of drug-likeness (QED) is 0.525. The van der Waals surface area contributed by atoms with E-state index < -0.39 is 6.10 Å². The number of ether oxygens (including phenoxy) is 1. The van der Waals surface area contributed by atoms with Crippen molar-refractivity contribution in [3.8, 4) is 0 Å². The van der Waals surface area contributed by atoms with E-state index in [-0.39, 0.29) is 0 Å². The van der Waals surface area contributed by atoms with Crippen molar-refractivity contribution in [2.75, 3.05) is 13.2 Å². The Labute approximate surface area is 88.7 Å². The molecule has 0 aliphatic carbocycles. The molecule has 1 radical (unpaired) electrons. The number of hydrogen-bond acceptors (Lipinski definition) is 1. The molecule has 0 rings (SSSR count). The monoisotopic (exact) mass is 201 g/mol. The predicted molar refractivity (Wildman–Crippen MR) is 58.9 cm³/mol. The van der Waals surface area contributed by atoms with Crippen molar-refractivity contribution in [1.29, 1.82) is 0 Å². The van der Waals surface area contributed by atoms with Crippen LogP contribution >= 0.6 is 0 Å². The van der Waals surface area contributed by atoms with Crippen molar-refractivity contribution in [2.45, 2.75) is 59.0 Å². The van der Waals surface area contributed by atoms with Gasteiger partial charge in [0.1, 0.15) is 0 Å². The smallest absolute Gasteiger partial charge is 0.0902 e. The van der Waals surface area contributed by atoms with Gasteiger partial charge in [-0.1, -0.05) is 20.3 Å². The van der Waals surface area contributed by atoms with E-state index in [2.05, 4.69) is 13.8 Å². The van der Waals surface area contributed by atoms with E-state index in [9.17, 15) is 5.11 Å². The van der Waals surface area contributed by atoms with Crippen LogP contribution in [0.25, 0.3) is 0 Å². The van der Waals surface area contributed by atoms with E-state index in [1.165, 1.54) is 12.8 Å². The molecule has 0 spiro atoms. The molecule has 2 atom stereocenters. The minimum atomic E-state index is -0.408. The second-order valence-electron chi connectivity index (χ2n) is 4.28. The Morgan fingerprint density at radius 1 is 1.14 bits per heavy atom. The zero-order chi connectivity index (χ0) is 10.8. The lowest BCUT2D eigenvalue weighted by atomic mass is 10.1. The van der Waals surface area contributed by atoms with Crippen molar-refractivity contribution in [1.82, 2.24) is 0 Å². The van der Waals surface area contributed by atoms with Gasteiger partial charge in [0.15, 0.2) is 0 Å². The Morgan fingerprint density at radius 3 is 2.43 bits per heavy atom. The van der Waals surface area contributed by atoms with Gasteiger partial charge in [-0.15, -0.1) is 0 Å². The summed E-state index contributed by atoms with van der Waals surface area (Å²) in [6.45, 7) is 7.85. The first-order chi connectivity index (χ1) is 6.66. The summed E-state index contributed by atoms with van der Waals surface area (Å²) in [4.78, 5) is 0. The average molecular weight is 201 g/mol. The maximum atomic E-state index is 10.7. The largest absolute Gasteiger partial charge is 0.381 e. The van der Waals surface area contributed by atoms with Gasteiger partial charge in [0, 0.05) is 13.2 Å². The summed E-state index contributed by atoms with van der Waals surface area (Å²) < 4.78 is 5.53. The third-order valence-electron chi connectivity index (χ3n) is 2.33. The van der Waals surface area contributed by atoms with Crippen LogP contribution in [0.4, 0.5) is 0 Å². The molecular weight excluding hydrogens is 176 g/mol. The first-order valence-corrected chi connectivity index (χ1v) is 5.90. The van der Waals surface area contributed by atoms with Crippen molar-refractivity contribution in [2.24, 2.45) is 5.92 Å². The summed E-state index contributed by atoms with van der Waals surface area (Å²) >= 11 is 0. The summed E-state index contributed by atoms with van der Waals surface area (Å²) in [6, 6.07) is 0. The predicted octanol–water partition coefficient (Wildman–Crippen LogP) is 3.43. The topological polar surface area (TPSA) is 29.1 Å². The van der Waals surface area contributed by atoms with Gasteiger partial charge < -0.3 is 4.74 Å². The van der Waals surface area contributed by atoms with E-state index >= 15 is 0 Å². The molecule has 0 aromatic rings. The van der Waals surface area contributed by atoms with Gasteiger partial charge in [0.2, 0.25) is 0 Å². The molecule has 0 aromatic carbocycles. The number of hydrogen-bond donors (Lipinski definition) is 0. The van der Waals surface area contributed by atoms with Crippen LogP contribution in [0.15, 0.2) is 0 Å². The molecule has 0 aliphatic heterocycles. The molecule has 0 N–H and O–H groups in total. The van der Waals surface area contributed by atoms with Crippen molar-refractivity contribution < 1.29 is 9.84 Å². The van der Waals surface area contributed by atoms with Gasteiger partial charge >= 0.3 is 0 Å². The van der Waals surface area contributed by atoms with Crippen molar-refractivity contribution in [3.05, 3.63) is 0 Å². The van der Waals surface area contributed by atoms with Crippen molar-refractivity contribution >= 4 is 0 Å². The molecule has 2 heteroatoms. The van der Waals surface area contributed by atoms with Crippen LogP contribution in [-0.4, -0.2) is 19.3 Å². The third-order valence-corrected chi connectivity index (χ3v) is 2.33. The van der Waals surface area contributed by atoms with Gasteiger partial charge in [-0.3, -0.25) is 0 Å². The summed E-state index contributed by atoms with van der Waals surface area (Å²) in [5.41, 5.74) is 0. The van der Waals surface area contributed by atoms with Crippen LogP contribution in [0.1, 0.15) is 52.9 Å². The van der Waals surface area contributed by atoms with E-state index in [1.54, 1.807) is 6.92 Å². The fourth-order valence-corrected chi connectivity index (χ4v) is 1.50. The summed E-state index contributed by atoms with van der Waals surface area (Å²) in [6.07, 6.45) is 4.90. The molecular formula is C12H25O2. The van der Waals surface area contributed by atoms with E-state index in [0.29, 0.717) is 5.92 Å². The SMILES string of the molecule is CCCC(C)COCCCCC(C)[O]. The molecule has 0 amide bonds. The Hall–Kier alpha value is -0.0800. The van der Waals surface area contributed by atoms with Crippen LogP contribution in [0.3, 0.4) is 0 Å². The van der Waals surface area contributed by atoms with Gasteiger partial charge in [0.25, 0.3) is 0 Å². The van der Waals surface area contributed by atoms with Crippen LogP contribution in [0, 0.1) is 5.92 Å². The minimum absolute atomic E-state index is 0.408. The maximum Gasteiger partial charge on any atom is 0.0902 e. The fourth-order valence-electron chi connectivity index (χ4n) is 1.50. The highest BCUT2D eigenvalue weighted by Crippen LogP contribution is 2.06. The Balaban J connectivity index is 3.05. The summed E-state index contributed by atoms with van der Waals surface area (Å²) in [5.74, 6) is 0.679. The minimum Gasteiger partial charge on any atom is -0.381 e. The van der Waals surface area contributed by atoms with Gasteiger partial charge in [0.05, 0.1) is 6.10 Å². The molecule has 2 nitrogen and oxygen atoms in total. The molecule has 14 heavy (non-hydrogen) atoms. The lowest BCUT2D eigenvalue weighted by Gasteiger charge is -2.10. The highest BCUT2D eigenvalue weighted by Gasteiger charge is 2.01. The highest BCUT2D eigenvalue weighted by molar-refractivity contribution is 4.50. The molecule has 0 heterocycles. The highest BCUT2D eigenvalue weighted by atomic mass is 16.5. The van der Waals surface area contributed by atoms with E-state index in [4.69, 9.17) is 4.74 Å². The van der Waals surface area contributed by atoms with E-state index in [1.807, 2.05) is 0 Å². The average Bonchev–Trinajstić information content (AvgIpc) is 2.11. The zero-order valence-electron chi connectivity index (χ0n) is 9.92. The summed E-state index contributed by atoms with van der Waals surface area (Å²) in [5, 5.41) is 10.7. The normalized spacial score (nSPS) is 15.4. The number of unbranched alkanes of at least 4 members (excludes halogenated alkanes) is 1. The summed E-state index contributed by atoms with van der Waals surface area (Å²) in [7, 11) is 0. The lowest BCUT2D eigenvalue weighted by molar-refractivity contribution is 0.0797. The molecule has 85 valence electrons. The number of rotatable bonds is 9. The Morgan fingerprint density at radius 2 is 1.86 bits per heavy atom. The van der Waals surface area contributed by atoms with Gasteiger partial charge in [-0.05, 0) is 38.5 Å². The van der Waals surface area contributed by atoms with Gasteiger partial charge in [-0.2, -0.15) is 0 Å². The molecule has 0 aliphatic rings. The van der Waals surface area contributed by atoms with E-state index in [0.717, 1.165) is 32.5 Å². The second kappa shape index (κ2) is 9.47. The lowest BCUT2D eigenvalue weighted by Crippen LogP contribution is -2.07. The molecule has 0 saturated heterocycles. The Kier molecular flexibility index (Phi) is 9.42. The zero-order valence-corrected chi connectivity index (χ0v) is 9.92. The first kappa shape index (κ1) is 13.9. The van der Waals surface area contributed by atoms with Crippen LogP contribution in [-0.2, 0) is 9.84 Å². The Bertz CT molecular complexity index is 113. The molecule has 0 aromatic heterocycles. The van der Waals surface area contributed by atoms with Crippen LogP contribution in [0.2, 0.25) is 0 Å². The van der Waals surface area contributed by atoms with Crippen molar-refractivity contribution in [3.63, 3.8) is 0 Å². The molecule has 2 unspecified atom stereocenters. The third kappa shape index (κ3) is 10.0. The second-order valence-corrected chi connectivity index (χ2v) is 4.28. The standard InChI is InChI=1S/C12H25O2/c1-4-7-11(2)10-14-9-6-5-8-12(3)13/h11-12H,4-10H2,1-3H3. The maximum absolute atomic E-state index is 10.7. The van der Waals surface area contributed by atoms with Crippen LogP contribution < -0.4 is 0 Å². The van der Waals surface area contributed by atoms with Gasteiger partial charge in [-0.25, -0.2) is 5.11 Å². The molecule has 0 bridgehead atoms. The fraction of sp³-hybridized carbons (Fsp3) is 1.00. The van der Waals surface area contributed by atoms with Crippen LogP contribution in [0.5, 0.6) is 0 Å². The molecule has 0 saturated carbocycles. The molecule has 0 fully saturated rings. The first-order valence-electron chi connectivity index (χ1n) is 5.90.